The van der Waals surface area contributed by atoms with E-state index in [1.165, 1.54) is 11.9 Å². The van der Waals surface area contributed by atoms with Crippen molar-refractivity contribution < 1.29 is 8.99 Å². The van der Waals surface area contributed by atoms with Crippen molar-refractivity contribution in [2.75, 3.05) is 6.54 Å². The second-order valence-electron chi connectivity index (χ2n) is 6.16. The molecule has 122 valence electrons. The Labute approximate surface area is 145 Å². The molecule has 0 amide bonds. The summed E-state index contributed by atoms with van der Waals surface area (Å²) in [4.78, 5) is 8.71. The van der Waals surface area contributed by atoms with E-state index in [-0.39, 0.29) is 0 Å². The predicted molar refractivity (Wildman–Crippen MR) is 95.2 cm³/mol. The van der Waals surface area contributed by atoms with Gasteiger partial charge in [-0.15, -0.1) is 0 Å². The number of nitrogens with zero attached hydrogens (tertiary/aromatic N) is 4. The van der Waals surface area contributed by atoms with Gasteiger partial charge in [-0.05, 0) is 32.0 Å². The average molecular weight is 329 g/mol. The summed E-state index contributed by atoms with van der Waals surface area (Å²) in [6.07, 6.45) is 4.06. The Morgan fingerprint density at radius 3 is 2.72 bits per heavy atom. The highest BCUT2D eigenvalue weighted by atomic mass is 16.3. The van der Waals surface area contributed by atoms with Crippen LogP contribution in [0, 0.1) is 25.2 Å². The molecule has 0 aliphatic carbocycles. The Kier molecular flexibility index (Phi) is 3.66. The van der Waals surface area contributed by atoms with Gasteiger partial charge in [0, 0.05) is 5.56 Å². The molecule has 2 aromatic heterocycles. The van der Waals surface area contributed by atoms with Gasteiger partial charge < -0.3 is 4.42 Å². The number of rotatable bonds is 4. The summed E-state index contributed by atoms with van der Waals surface area (Å²) in [5.41, 5.74) is 5.94. The van der Waals surface area contributed by atoms with Gasteiger partial charge in [-0.2, -0.15) is 9.84 Å². The molecule has 0 fully saturated rings. The van der Waals surface area contributed by atoms with E-state index < -0.39 is 0 Å². The van der Waals surface area contributed by atoms with E-state index in [0.29, 0.717) is 18.7 Å². The molecule has 3 aromatic rings. The van der Waals surface area contributed by atoms with Gasteiger partial charge in [0.1, 0.15) is 17.7 Å². The summed E-state index contributed by atoms with van der Waals surface area (Å²) in [6, 6.07) is 12.6. The Morgan fingerprint density at radius 1 is 1.16 bits per heavy atom. The molecule has 1 aliphatic heterocycles. The van der Waals surface area contributed by atoms with E-state index in [1.807, 2.05) is 13.0 Å². The molecule has 3 heterocycles. The normalized spacial score (nSPS) is 13.6. The number of allylic oxidation sites excluding steroid dienone is 1. The van der Waals surface area contributed by atoms with Gasteiger partial charge in [-0.1, -0.05) is 17.7 Å². The quantitative estimate of drug-likeness (QED) is 0.686. The fourth-order valence-electron chi connectivity index (χ4n) is 3.11. The van der Waals surface area contributed by atoms with Crippen molar-refractivity contribution in [3.8, 4) is 6.07 Å². The fourth-order valence-corrected chi connectivity index (χ4v) is 3.11. The van der Waals surface area contributed by atoms with Crippen LogP contribution in [0.25, 0.3) is 16.7 Å². The molecule has 1 aliphatic rings. The number of furan rings is 1. The maximum atomic E-state index is 8.92. The smallest absolute Gasteiger partial charge is 0.229 e. The van der Waals surface area contributed by atoms with Crippen LogP contribution in [0.2, 0.25) is 0 Å². The molecule has 5 nitrogen and oxygen atoms in total. The van der Waals surface area contributed by atoms with E-state index in [9.17, 15) is 0 Å². The maximum absolute atomic E-state index is 8.92. The van der Waals surface area contributed by atoms with Crippen molar-refractivity contribution in [2.24, 2.45) is 0 Å². The third-order valence-electron chi connectivity index (χ3n) is 4.32. The van der Waals surface area contributed by atoms with Gasteiger partial charge in [0.2, 0.25) is 11.4 Å². The molecule has 4 rings (SSSR count). The van der Waals surface area contributed by atoms with E-state index >= 15 is 0 Å². The Hall–Kier alpha value is -3.26. The number of benzene rings is 1. The van der Waals surface area contributed by atoms with Crippen LogP contribution in [0.1, 0.15) is 29.0 Å². The molecule has 0 bridgehead atoms. The van der Waals surface area contributed by atoms with Gasteiger partial charge in [-0.25, -0.2) is 9.97 Å². The van der Waals surface area contributed by atoms with Gasteiger partial charge >= 0.3 is 0 Å². The van der Waals surface area contributed by atoms with Crippen molar-refractivity contribution in [1.29, 1.82) is 5.26 Å². The molecule has 1 aromatic carbocycles. The lowest BCUT2D eigenvalue weighted by molar-refractivity contribution is -0.462. The van der Waals surface area contributed by atoms with Crippen LogP contribution in [0.3, 0.4) is 0 Å². The molecule has 0 unspecified atom stereocenters. The van der Waals surface area contributed by atoms with Gasteiger partial charge in [0.15, 0.2) is 12.7 Å². The van der Waals surface area contributed by atoms with Crippen LogP contribution in [-0.4, -0.2) is 26.8 Å². The zero-order valence-electron chi connectivity index (χ0n) is 14.2. The molecule has 0 N–H and O–H groups in total. The Balaban J connectivity index is 1.81. The highest BCUT2D eigenvalue weighted by Crippen LogP contribution is 2.31. The van der Waals surface area contributed by atoms with Gasteiger partial charge in [0.05, 0.1) is 23.6 Å². The molecule has 0 atom stereocenters. The lowest BCUT2D eigenvalue weighted by atomic mass is 9.93. The number of hydrogen-bond donors (Lipinski definition) is 0. The molecule has 0 saturated carbocycles. The topological polar surface area (TPSA) is 65.7 Å². The summed E-state index contributed by atoms with van der Waals surface area (Å²) < 4.78 is 7.75. The number of fused-ring (bicyclic) bond motifs is 1. The average Bonchev–Trinajstić information content (AvgIpc) is 2.97. The SMILES string of the molecule is Cc1ccc(C2=[N+](CCC#N)C=C2c2ncnc3oc(C)cc23)cc1. The molecule has 25 heavy (non-hydrogen) atoms. The highest BCUT2D eigenvalue weighted by Gasteiger charge is 2.34. The monoisotopic (exact) mass is 329 g/mol. The second kappa shape index (κ2) is 5.99. The molecule has 0 spiro atoms. The first-order valence-electron chi connectivity index (χ1n) is 8.18. The van der Waals surface area contributed by atoms with Crippen LogP contribution in [0.5, 0.6) is 0 Å². The first-order valence-corrected chi connectivity index (χ1v) is 8.18. The number of aryl methyl sites for hydroxylation is 2. The third-order valence-corrected chi connectivity index (χ3v) is 4.32. The molecular weight excluding hydrogens is 312 g/mol. The largest absolute Gasteiger partial charge is 0.443 e. The first-order chi connectivity index (χ1) is 12.2. The maximum Gasteiger partial charge on any atom is 0.229 e. The lowest BCUT2D eigenvalue weighted by Gasteiger charge is -2.17. The minimum absolute atomic E-state index is 0.475. The van der Waals surface area contributed by atoms with Crippen LogP contribution in [0.15, 0.2) is 47.3 Å². The van der Waals surface area contributed by atoms with Crippen molar-refractivity contribution in [3.63, 3.8) is 0 Å². The highest BCUT2D eigenvalue weighted by molar-refractivity contribution is 6.32. The number of hydrogen-bond acceptors (Lipinski definition) is 4. The van der Waals surface area contributed by atoms with Crippen LogP contribution >= 0.6 is 0 Å². The summed E-state index contributed by atoms with van der Waals surface area (Å²) in [5.74, 6) is 0.815. The molecular formula is C20H17N4O+. The van der Waals surface area contributed by atoms with Crippen LogP contribution < -0.4 is 0 Å². The van der Waals surface area contributed by atoms with Gasteiger partial charge in [0.25, 0.3) is 0 Å². The number of aromatic nitrogens is 2. The summed E-state index contributed by atoms with van der Waals surface area (Å²) >= 11 is 0. The summed E-state index contributed by atoms with van der Waals surface area (Å²) in [6.45, 7) is 4.65. The predicted octanol–water partition coefficient (Wildman–Crippen LogP) is 3.61. The Morgan fingerprint density at radius 2 is 1.96 bits per heavy atom. The lowest BCUT2D eigenvalue weighted by Crippen LogP contribution is -2.29. The standard InChI is InChI=1S/C20H17N4O/c1-13-4-6-15(7-5-13)19-17(11-24(19)9-3-8-21)18-16-10-14(2)25-20(16)23-12-22-18/h4-7,10-12H,3,9H2,1-2H3/q+1. The minimum Gasteiger partial charge on any atom is -0.443 e. The summed E-state index contributed by atoms with van der Waals surface area (Å²) in [7, 11) is 0. The van der Waals surface area contributed by atoms with Crippen LogP contribution in [-0.2, 0) is 0 Å². The third kappa shape index (κ3) is 2.62. The second-order valence-corrected chi connectivity index (χ2v) is 6.16. The molecule has 5 heteroatoms. The van der Waals surface area contributed by atoms with Crippen LogP contribution in [0.4, 0.5) is 0 Å². The van der Waals surface area contributed by atoms with E-state index in [4.69, 9.17) is 9.68 Å². The van der Waals surface area contributed by atoms with E-state index in [0.717, 1.165) is 33.7 Å². The van der Waals surface area contributed by atoms with E-state index in [2.05, 4.69) is 58.0 Å². The molecule has 0 radical (unpaired) electrons. The Bertz CT molecular complexity index is 1070. The first kappa shape index (κ1) is 15.3. The van der Waals surface area contributed by atoms with Crippen molar-refractivity contribution in [2.45, 2.75) is 20.3 Å². The van der Waals surface area contributed by atoms with E-state index in [1.54, 1.807) is 0 Å². The zero-order valence-corrected chi connectivity index (χ0v) is 14.2. The number of nitriles is 1. The molecule has 0 saturated heterocycles. The zero-order chi connectivity index (χ0) is 17.4. The fraction of sp³-hybridized carbons (Fsp3) is 0.200. The van der Waals surface area contributed by atoms with Crippen molar-refractivity contribution in [3.05, 3.63) is 65.4 Å². The van der Waals surface area contributed by atoms with Crippen molar-refractivity contribution in [1.82, 2.24) is 9.97 Å². The van der Waals surface area contributed by atoms with Crippen molar-refractivity contribution >= 4 is 22.4 Å². The summed E-state index contributed by atoms with van der Waals surface area (Å²) in [5, 5.41) is 9.83. The van der Waals surface area contributed by atoms with Gasteiger partial charge in [-0.3, -0.25) is 0 Å². The minimum atomic E-state index is 0.475.